The van der Waals surface area contributed by atoms with Crippen LogP contribution < -0.4 is 9.47 Å². The molecule has 0 fully saturated rings. The Kier molecular flexibility index (Phi) is 8.17. The smallest absolute Gasteiger partial charge is 0.268 e. The molecule has 2 aromatic carbocycles. The summed E-state index contributed by atoms with van der Waals surface area (Å²) < 4.78 is 43.0. The van der Waals surface area contributed by atoms with Crippen LogP contribution in [-0.4, -0.2) is 58.6 Å². The number of ether oxygens (including phenoxy) is 2. The maximum atomic E-state index is 12.4. The summed E-state index contributed by atoms with van der Waals surface area (Å²) in [6.07, 6.45) is -0.352. The molecule has 0 saturated heterocycles. The van der Waals surface area contributed by atoms with Gasteiger partial charge in [-0.25, -0.2) is 0 Å². The van der Waals surface area contributed by atoms with E-state index in [1.807, 2.05) is 0 Å². The van der Waals surface area contributed by atoms with Gasteiger partial charge in [-0.05, 0) is 54.7 Å². The van der Waals surface area contributed by atoms with Crippen molar-refractivity contribution >= 4 is 15.9 Å². The second-order valence-corrected chi connectivity index (χ2v) is 8.95. The fourth-order valence-electron chi connectivity index (χ4n) is 3.22. The van der Waals surface area contributed by atoms with E-state index in [-0.39, 0.29) is 37.2 Å². The van der Waals surface area contributed by atoms with Crippen molar-refractivity contribution in [2.24, 2.45) is 0 Å². The molecule has 0 spiro atoms. The van der Waals surface area contributed by atoms with E-state index in [1.54, 1.807) is 0 Å². The van der Waals surface area contributed by atoms with Crippen LogP contribution in [0.15, 0.2) is 24.3 Å². The first-order valence-corrected chi connectivity index (χ1v) is 11.1. The minimum Gasteiger partial charge on any atom is -0.504 e. The van der Waals surface area contributed by atoms with Crippen molar-refractivity contribution in [1.29, 1.82) is 0 Å². The molecule has 1 atom stereocenters. The summed E-state index contributed by atoms with van der Waals surface area (Å²) in [5.74, 6) is -2.10. The average molecular weight is 470 g/mol. The average Bonchev–Trinajstić information content (AvgIpc) is 2.73. The summed E-state index contributed by atoms with van der Waals surface area (Å²) in [7, 11) is -1.92. The van der Waals surface area contributed by atoms with Crippen molar-refractivity contribution in [1.82, 2.24) is 0 Å². The van der Waals surface area contributed by atoms with Crippen LogP contribution in [0.3, 0.4) is 0 Å². The minimum absolute atomic E-state index is 0.00654. The number of ketones is 1. The van der Waals surface area contributed by atoms with Crippen LogP contribution in [0.25, 0.3) is 0 Å². The van der Waals surface area contributed by atoms with Crippen molar-refractivity contribution < 1.29 is 47.7 Å². The first-order valence-electron chi connectivity index (χ1n) is 9.62. The predicted octanol–water partition coefficient (Wildman–Crippen LogP) is 2.31. The zero-order valence-corrected chi connectivity index (χ0v) is 18.4. The van der Waals surface area contributed by atoms with Crippen molar-refractivity contribution in [2.45, 2.75) is 37.4 Å². The molecule has 176 valence electrons. The normalized spacial score (nSPS) is 12.3. The molecule has 0 aromatic heterocycles. The number of hydrogen-bond acceptors (Lipinski definition) is 9. The first kappa shape index (κ1) is 25.1. The lowest BCUT2D eigenvalue weighted by Crippen LogP contribution is -2.25. The highest BCUT2D eigenvalue weighted by Gasteiger charge is 2.26. The fraction of sp³-hybridized carbons (Fsp3) is 0.381. The summed E-state index contributed by atoms with van der Waals surface area (Å²) in [4.78, 5) is 12.4. The second kappa shape index (κ2) is 10.4. The van der Waals surface area contributed by atoms with Crippen LogP contribution in [0.4, 0.5) is 0 Å². The molecule has 10 nitrogen and oxygen atoms in total. The van der Waals surface area contributed by atoms with Gasteiger partial charge in [-0.3, -0.25) is 9.35 Å². The number of phenols is 4. The van der Waals surface area contributed by atoms with E-state index in [0.29, 0.717) is 11.1 Å². The molecule has 1 unspecified atom stereocenters. The Bertz CT molecular complexity index is 1080. The van der Waals surface area contributed by atoms with E-state index < -0.39 is 50.6 Å². The van der Waals surface area contributed by atoms with Crippen LogP contribution in [0.1, 0.15) is 30.4 Å². The van der Waals surface area contributed by atoms with Gasteiger partial charge in [0.1, 0.15) is 5.78 Å². The zero-order chi connectivity index (χ0) is 24.1. The standard InChI is InChI=1S/C21H26O10S/c1-30-18-9-12(7-16(23)20(18)25)3-5-14(22)11-15(32(27,28)29)6-4-13-8-17(24)21(26)19(10-13)31-2/h7-10,15,23-26H,3-6,11H2,1-2H3,(H,27,28,29). The number of benzene rings is 2. The summed E-state index contributed by atoms with van der Waals surface area (Å²) in [6, 6.07) is 5.39. The van der Waals surface area contributed by atoms with Crippen molar-refractivity contribution in [2.75, 3.05) is 14.2 Å². The molecule has 0 amide bonds. The van der Waals surface area contributed by atoms with Gasteiger partial charge in [0, 0.05) is 12.8 Å². The van der Waals surface area contributed by atoms with E-state index in [2.05, 4.69) is 0 Å². The largest absolute Gasteiger partial charge is 0.504 e. The van der Waals surface area contributed by atoms with Gasteiger partial charge < -0.3 is 29.9 Å². The summed E-state index contributed by atoms with van der Waals surface area (Å²) in [5.41, 5.74) is 0.950. The molecule has 0 radical (unpaired) electrons. The third-order valence-corrected chi connectivity index (χ3v) is 6.24. The maximum absolute atomic E-state index is 12.4. The molecule has 0 aliphatic heterocycles. The SMILES string of the molecule is COc1cc(CCC(=O)CC(CCc2cc(O)c(O)c(OC)c2)S(=O)(=O)O)cc(O)c1O. The number of carbonyl (C=O) groups is 1. The van der Waals surface area contributed by atoms with Gasteiger partial charge >= 0.3 is 0 Å². The third kappa shape index (κ3) is 6.41. The van der Waals surface area contributed by atoms with Gasteiger partial charge in [0.2, 0.25) is 11.5 Å². The molecule has 5 N–H and O–H groups in total. The van der Waals surface area contributed by atoms with Gasteiger partial charge in [-0.1, -0.05) is 0 Å². The van der Waals surface area contributed by atoms with Gasteiger partial charge in [-0.15, -0.1) is 0 Å². The third-order valence-electron chi connectivity index (χ3n) is 4.99. The van der Waals surface area contributed by atoms with Crippen molar-refractivity contribution in [3.63, 3.8) is 0 Å². The lowest BCUT2D eigenvalue weighted by atomic mass is 10.0. The Labute approximate surface area is 185 Å². The monoisotopic (exact) mass is 470 g/mol. The molecule has 32 heavy (non-hydrogen) atoms. The molecule has 0 aliphatic carbocycles. The van der Waals surface area contributed by atoms with E-state index in [4.69, 9.17) is 9.47 Å². The lowest BCUT2D eigenvalue weighted by Gasteiger charge is -2.14. The maximum Gasteiger partial charge on any atom is 0.268 e. The summed E-state index contributed by atoms with van der Waals surface area (Å²) in [5, 5.41) is 37.4. The van der Waals surface area contributed by atoms with Crippen molar-refractivity contribution in [3.8, 4) is 34.5 Å². The zero-order valence-electron chi connectivity index (χ0n) is 17.6. The van der Waals surface area contributed by atoms with Gasteiger partial charge in [0.05, 0.1) is 19.5 Å². The van der Waals surface area contributed by atoms with E-state index in [0.717, 1.165) is 0 Å². The van der Waals surface area contributed by atoms with Gasteiger partial charge in [0.15, 0.2) is 23.0 Å². The molecule has 2 aromatic rings. The van der Waals surface area contributed by atoms with Gasteiger partial charge in [-0.2, -0.15) is 8.42 Å². The number of aromatic hydroxyl groups is 4. The highest BCUT2D eigenvalue weighted by molar-refractivity contribution is 7.86. The topological polar surface area (TPSA) is 171 Å². The van der Waals surface area contributed by atoms with Gasteiger partial charge in [0.25, 0.3) is 10.1 Å². The van der Waals surface area contributed by atoms with E-state index >= 15 is 0 Å². The quantitative estimate of drug-likeness (QED) is 0.242. The fourth-order valence-corrected chi connectivity index (χ4v) is 4.03. The number of Topliss-reactive ketones (excluding diaryl/α,β-unsaturated/α-hetero) is 1. The van der Waals surface area contributed by atoms with E-state index in [1.165, 1.54) is 38.5 Å². The number of carbonyl (C=O) groups excluding carboxylic acids is 1. The van der Waals surface area contributed by atoms with Crippen LogP contribution in [-0.2, 0) is 27.8 Å². The molecule has 0 heterocycles. The highest BCUT2D eigenvalue weighted by atomic mass is 32.2. The molecule has 0 bridgehead atoms. The molecule has 2 rings (SSSR count). The number of methoxy groups -OCH3 is 2. The Morgan fingerprint density at radius 1 is 0.875 bits per heavy atom. The Morgan fingerprint density at radius 3 is 1.78 bits per heavy atom. The molecular weight excluding hydrogens is 444 g/mol. The van der Waals surface area contributed by atoms with Crippen LogP contribution in [0.2, 0.25) is 0 Å². The number of hydrogen-bond donors (Lipinski definition) is 5. The van der Waals surface area contributed by atoms with Crippen LogP contribution in [0.5, 0.6) is 34.5 Å². The second-order valence-electron chi connectivity index (χ2n) is 7.25. The van der Waals surface area contributed by atoms with Crippen molar-refractivity contribution in [3.05, 3.63) is 35.4 Å². The van der Waals surface area contributed by atoms with Crippen LogP contribution in [0, 0.1) is 0 Å². The molecule has 0 saturated carbocycles. The summed E-state index contributed by atoms with van der Waals surface area (Å²) >= 11 is 0. The van der Waals surface area contributed by atoms with Crippen LogP contribution >= 0.6 is 0 Å². The Hall–Kier alpha value is -3.18. The lowest BCUT2D eigenvalue weighted by molar-refractivity contribution is -0.119. The van der Waals surface area contributed by atoms with E-state index in [9.17, 15) is 38.2 Å². The minimum atomic E-state index is -4.53. The predicted molar refractivity (Wildman–Crippen MR) is 114 cm³/mol. The molecular formula is C21H26O10S. The summed E-state index contributed by atoms with van der Waals surface area (Å²) in [6.45, 7) is 0. The number of phenolic OH excluding ortho intramolecular Hbond substituents is 4. The highest BCUT2D eigenvalue weighted by Crippen LogP contribution is 2.37. The Morgan fingerprint density at radius 2 is 1.34 bits per heavy atom. The Balaban J connectivity index is 2.04. The molecule has 11 heteroatoms. The molecule has 0 aliphatic rings. The number of aryl methyl sites for hydroxylation is 2. The first-order chi connectivity index (χ1) is 15.0. The number of rotatable bonds is 11.